The lowest BCUT2D eigenvalue weighted by molar-refractivity contribution is -0.161. The van der Waals surface area contributed by atoms with Gasteiger partial charge >= 0.3 is 11.9 Å². The summed E-state index contributed by atoms with van der Waals surface area (Å²) in [6.07, 6.45) is 0.158. The Morgan fingerprint density at radius 2 is 1.72 bits per heavy atom. The largest absolute Gasteiger partial charge is 0.466 e. The number of aryl methyl sites for hydroxylation is 1. The highest BCUT2D eigenvalue weighted by Gasteiger charge is 2.30. The van der Waals surface area contributed by atoms with Gasteiger partial charge in [0.15, 0.2) is 5.92 Å². The quantitative estimate of drug-likeness (QED) is 0.572. The molecule has 0 saturated carbocycles. The van der Waals surface area contributed by atoms with Crippen LogP contribution in [0.5, 0.6) is 0 Å². The molecule has 1 aromatic rings. The van der Waals surface area contributed by atoms with Gasteiger partial charge in [-0.3, -0.25) is 9.59 Å². The third kappa shape index (κ3) is 3.91. The van der Waals surface area contributed by atoms with E-state index in [9.17, 15) is 9.59 Å². The first-order chi connectivity index (χ1) is 8.58. The van der Waals surface area contributed by atoms with Crippen LogP contribution < -0.4 is 0 Å². The maximum Gasteiger partial charge on any atom is 0.320 e. The molecule has 100 valence electrons. The topological polar surface area (TPSA) is 65.7 Å². The van der Waals surface area contributed by atoms with Crippen molar-refractivity contribution in [2.45, 2.75) is 27.2 Å². The fourth-order valence-electron chi connectivity index (χ4n) is 1.54. The highest BCUT2D eigenvalue weighted by atomic mass is 16.6. The number of rotatable bonds is 6. The van der Waals surface area contributed by atoms with Crippen molar-refractivity contribution in [3.05, 3.63) is 23.7 Å². The number of hydrogen-bond donors (Lipinski definition) is 0. The fourth-order valence-corrected chi connectivity index (χ4v) is 1.54. The van der Waals surface area contributed by atoms with E-state index in [1.165, 1.54) is 0 Å². The minimum absolute atomic E-state index is 0.158. The average molecular weight is 254 g/mol. The smallest absolute Gasteiger partial charge is 0.320 e. The Balaban J connectivity index is 2.76. The zero-order valence-corrected chi connectivity index (χ0v) is 10.9. The number of furan rings is 1. The standard InChI is InChI=1S/C13H18O5/c1-4-16-12(14)11(13(15)17-5-2)8-10-7-6-9(3)18-10/h6-7,11H,4-5,8H2,1-3H3. The lowest BCUT2D eigenvalue weighted by Gasteiger charge is -2.12. The molecule has 1 heterocycles. The predicted molar refractivity (Wildman–Crippen MR) is 63.9 cm³/mol. The van der Waals surface area contributed by atoms with Crippen molar-refractivity contribution >= 4 is 11.9 Å². The van der Waals surface area contributed by atoms with Crippen LogP contribution >= 0.6 is 0 Å². The summed E-state index contributed by atoms with van der Waals surface area (Å²) in [7, 11) is 0. The molecule has 0 fully saturated rings. The van der Waals surface area contributed by atoms with Gasteiger partial charge < -0.3 is 13.9 Å². The summed E-state index contributed by atoms with van der Waals surface area (Å²) in [6.45, 7) is 5.64. The van der Waals surface area contributed by atoms with Gasteiger partial charge in [-0.2, -0.15) is 0 Å². The van der Waals surface area contributed by atoms with Crippen molar-refractivity contribution < 1.29 is 23.5 Å². The minimum Gasteiger partial charge on any atom is -0.466 e. The van der Waals surface area contributed by atoms with E-state index in [0.717, 1.165) is 5.76 Å². The van der Waals surface area contributed by atoms with Crippen LogP contribution in [0.2, 0.25) is 0 Å². The molecule has 0 N–H and O–H groups in total. The van der Waals surface area contributed by atoms with E-state index in [1.807, 2.05) is 0 Å². The summed E-state index contributed by atoms with van der Waals surface area (Å²) in [5, 5.41) is 0. The SMILES string of the molecule is CCOC(=O)C(Cc1ccc(C)o1)C(=O)OCC. The Hall–Kier alpha value is -1.78. The fraction of sp³-hybridized carbons (Fsp3) is 0.538. The van der Waals surface area contributed by atoms with Gasteiger partial charge in [0.1, 0.15) is 11.5 Å². The second-order valence-electron chi connectivity index (χ2n) is 3.77. The van der Waals surface area contributed by atoms with Gasteiger partial charge in [0.25, 0.3) is 0 Å². The second kappa shape index (κ2) is 6.83. The molecule has 0 radical (unpaired) electrons. The molecule has 0 aliphatic heterocycles. The van der Waals surface area contributed by atoms with E-state index < -0.39 is 17.9 Å². The Morgan fingerprint density at radius 1 is 1.17 bits per heavy atom. The van der Waals surface area contributed by atoms with Gasteiger partial charge in [-0.15, -0.1) is 0 Å². The van der Waals surface area contributed by atoms with Crippen molar-refractivity contribution in [2.24, 2.45) is 5.92 Å². The summed E-state index contributed by atoms with van der Waals surface area (Å²) in [5.41, 5.74) is 0. The van der Waals surface area contributed by atoms with Gasteiger partial charge in [0.2, 0.25) is 0 Å². The molecule has 0 aromatic carbocycles. The molecular formula is C13H18O5. The third-order valence-electron chi connectivity index (χ3n) is 2.34. The maximum atomic E-state index is 11.7. The van der Waals surface area contributed by atoms with Crippen LogP contribution in [-0.4, -0.2) is 25.2 Å². The highest BCUT2D eigenvalue weighted by molar-refractivity contribution is 5.95. The first-order valence-electron chi connectivity index (χ1n) is 5.97. The van der Waals surface area contributed by atoms with E-state index in [2.05, 4.69) is 0 Å². The van der Waals surface area contributed by atoms with Crippen LogP contribution in [0.3, 0.4) is 0 Å². The van der Waals surface area contributed by atoms with Crippen LogP contribution in [0.15, 0.2) is 16.5 Å². The number of carbonyl (C=O) groups excluding carboxylic acids is 2. The zero-order chi connectivity index (χ0) is 13.5. The molecule has 0 bridgehead atoms. The van der Waals surface area contributed by atoms with Gasteiger partial charge in [0.05, 0.1) is 13.2 Å². The first kappa shape index (κ1) is 14.3. The zero-order valence-electron chi connectivity index (χ0n) is 10.9. The normalized spacial score (nSPS) is 10.4. The number of hydrogen-bond acceptors (Lipinski definition) is 5. The van der Waals surface area contributed by atoms with Crippen LogP contribution in [0.4, 0.5) is 0 Å². The Kier molecular flexibility index (Phi) is 5.42. The Morgan fingerprint density at radius 3 is 2.11 bits per heavy atom. The maximum absolute atomic E-state index is 11.7. The summed E-state index contributed by atoms with van der Waals surface area (Å²) in [6, 6.07) is 3.52. The number of carbonyl (C=O) groups is 2. The van der Waals surface area contributed by atoms with Crippen molar-refractivity contribution in [1.82, 2.24) is 0 Å². The van der Waals surface area contributed by atoms with Gasteiger partial charge in [0, 0.05) is 6.42 Å². The lowest BCUT2D eigenvalue weighted by atomic mass is 10.0. The summed E-state index contributed by atoms with van der Waals surface area (Å²) < 4.78 is 15.1. The van der Waals surface area contributed by atoms with Crippen molar-refractivity contribution in [2.75, 3.05) is 13.2 Å². The van der Waals surface area contributed by atoms with E-state index in [4.69, 9.17) is 13.9 Å². The summed E-state index contributed by atoms with van der Waals surface area (Å²) in [5.74, 6) is -0.819. The first-order valence-corrected chi connectivity index (χ1v) is 5.97. The molecule has 0 unspecified atom stereocenters. The van der Waals surface area contributed by atoms with Crippen LogP contribution in [-0.2, 0) is 25.5 Å². The predicted octanol–water partition coefficient (Wildman–Crippen LogP) is 1.87. The van der Waals surface area contributed by atoms with Gasteiger partial charge in [-0.05, 0) is 32.9 Å². The molecular weight excluding hydrogens is 236 g/mol. The minimum atomic E-state index is -0.963. The molecule has 5 nitrogen and oxygen atoms in total. The third-order valence-corrected chi connectivity index (χ3v) is 2.34. The molecule has 0 atom stereocenters. The molecule has 0 amide bonds. The summed E-state index contributed by atoms with van der Waals surface area (Å²) >= 11 is 0. The van der Waals surface area contributed by atoms with Crippen molar-refractivity contribution in [3.8, 4) is 0 Å². The number of ether oxygens (including phenoxy) is 2. The van der Waals surface area contributed by atoms with Gasteiger partial charge in [-0.25, -0.2) is 0 Å². The molecule has 0 saturated heterocycles. The monoisotopic (exact) mass is 254 g/mol. The van der Waals surface area contributed by atoms with E-state index >= 15 is 0 Å². The van der Waals surface area contributed by atoms with Crippen molar-refractivity contribution in [3.63, 3.8) is 0 Å². The average Bonchev–Trinajstić information content (AvgIpc) is 2.72. The Bertz CT molecular complexity index is 389. The van der Waals surface area contributed by atoms with E-state index in [0.29, 0.717) is 5.76 Å². The molecule has 1 aromatic heterocycles. The van der Waals surface area contributed by atoms with Gasteiger partial charge in [-0.1, -0.05) is 0 Å². The molecule has 0 aliphatic carbocycles. The summed E-state index contributed by atoms with van der Waals surface area (Å²) in [4.78, 5) is 23.4. The van der Waals surface area contributed by atoms with Crippen molar-refractivity contribution in [1.29, 1.82) is 0 Å². The van der Waals surface area contributed by atoms with E-state index in [-0.39, 0.29) is 19.6 Å². The molecule has 0 spiro atoms. The Labute approximate surface area is 106 Å². The molecule has 5 heteroatoms. The molecule has 0 aliphatic rings. The van der Waals surface area contributed by atoms with E-state index in [1.54, 1.807) is 32.9 Å². The highest BCUT2D eigenvalue weighted by Crippen LogP contribution is 2.15. The molecule has 1 rings (SSSR count). The number of esters is 2. The molecule has 18 heavy (non-hydrogen) atoms. The lowest BCUT2D eigenvalue weighted by Crippen LogP contribution is -2.29. The van der Waals surface area contributed by atoms with Crippen LogP contribution in [0, 0.1) is 12.8 Å². The van der Waals surface area contributed by atoms with Crippen LogP contribution in [0.25, 0.3) is 0 Å². The van der Waals surface area contributed by atoms with Crippen LogP contribution in [0.1, 0.15) is 25.4 Å². The second-order valence-corrected chi connectivity index (χ2v) is 3.77.